The zero-order valence-corrected chi connectivity index (χ0v) is 18.1. The normalized spacial score (nSPS) is 12.1. The van der Waals surface area contributed by atoms with Crippen molar-refractivity contribution in [1.29, 1.82) is 0 Å². The van der Waals surface area contributed by atoms with E-state index < -0.39 is 10.0 Å². The van der Waals surface area contributed by atoms with Gasteiger partial charge in [-0.3, -0.25) is 0 Å². The summed E-state index contributed by atoms with van der Waals surface area (Å²) < 4.78 is 30.1. The molecule has 0 unspecified atom stereocenters. The highest BCUT2D eigenvalue weighted by atomic mass is 32.2. The maximum Gasteiger partial charge on any atom is 0.240 e. The fraction of sp³-hybridized carbons (Fsp3) is 0.238. The van der Waals surface area contributed by atoms with Gasteiger partial charge in [0.2, 0.25) is 15.0 Å². The molecule has 0 bridgehead atoms. The number of nitrogens with one attached hydrogen (secondary N) is 1. The number of imidazole rings is 1. The summed E-state index contributed by atoms with van der Waals surface area (Å²) in [6.45, 7) is 6.16. The Kier molecular flexibility index (Phi) is 5.24. The molecular formula is C21H22N4O2S2. The van der Waals surface area contributed by atoms with E-state index in [9.17, 15) is 8.42 Å². The molecule has 4 aromatic rings. The first-order valence-electron chi connectivity index (χ1n) is 9.35. The Morgan fingerprint density at radius 3 is 2.41 bits per heavy atom. The van der Waals surface area contributed by atoms with Crippen LogP contribution in [0.25, 0.3) is 16.2 Å². The van der Waals surface area contributed by atoms with Crippen LogP contribution in [-0.2, 0) is 16.6 Å². The number of hydrogen-bond donors (Lipinski definition) is 1. The number of sulfonamides is 1. The van der Waals surface area contributed by atoms with Gasteiger partial charge in [-0.1, -0.05) is 67.6 Å². The predicted octanol–water partition coefficient (Wildman–Crippen LogP) is 4.37. The number of benzene rings is 2. The van der Waals surface area contributed by atoms with Crippen LogP contribution in [0.3, 0.4) is 0 Å². The molecule has 0 atom stereocenters. The molecule has 0 radical (unpaired) electrons. The first-order valence-corrected chi connectivity index (χ1v) is 11.7. The van der Waals surface area contributed by atoms with Gasteiger partial charge in [0.1, 0.15) is 5.01 Å². The van der Waals surface area contributed by atoms with Gasteiger partial charge in [0, 0.05) is 5.56 Å². The third-order valence-corrected chi connectivity index (χ3v) is 6.97. The molecule has 0 aliphatic carbocycles. The maximum atomic E-state index is 12.8. The highest BCUT2D eigenvalue weighted by molar-refractivity contribution is 7.89. The molecule has 29 heavy (non-hydrogen) atoms. The van der Waals surface area contributed by atoms with Crippen molar-refractivity contribution < 1.29 is 8.42 Å². The Morgan fingerprint density at radius 2 is 1.76 bits per heavy atom. The van der Waals surface area contributed by atoms with Crippen LogP contribution in [0.4, 0.5) is 0 Å². The Morgan fingerprint density at radius 1 is 1.07 bits per heavy atom. The molecule has 150 valence electrons. The summed E-state index contributed by atoms with van der Waals surface area (Å²) in [5.41, 5.74) is 3.49. The molecule has 0 aliphatic heterocycles. The van der Waals surface area contributed by atoms with Crippen molar-refractivity contribution in [2.45, 2.75) is 38.1 Å². The number of aromatic nitrogens is 3. The number of fused-ring (bicyclic) bond motifs is 1. The van der Waals surface area contributed by atoms with Crippen molar-refractivity contribution in [3.8, 4) is 11.3 Å². The fourth-order valence-electron chi connectivity index (χ4n) is 3.15. The summed E-state index contributed by atoms with van der Waals surface area (Å²) in [5.74, 6) is 0.348. The van der Waals surface area contributed by atoms with Gasteiger partial charge in [0.05, 0.1) is 22.8 Å². The van der Waals surface area contributed by atoms with Crippen LogP contribution in [0.15, 0.2) is 59.5 Å². The molecule has 0 aliphatic rings. The van der Waals surface area contributed by atoms with E-state index in [1.54, 1.807) is 16.6 Å². The first kappa shape index (κ1) is 19.8. The van der Waals surface area contributed by atoms with E-state index >= 15 is 0 Å². The average Bonchev–Trinajstić information content (AvgIpc) is 3.23. The number of hydrogen-bond acceptors (Lipinski definition) is 5. The molecule has 0 fully saturated rings. The minimum absolute atomic E-state index is 0.100. The lowest BCUT2D eigenvalue weighted by atomic mass is 10.0. The Hall–Kier alpha value is -2.55. The zero-order valence-electron chi connectivity index (χ0n) is 16.5. The fourth-order valence-corrected chi connectivity index (χ4v) is 4.90. The lowest BCUT2D eigenvalue weighted by molar-refractivity contribution is 0.579. The van der Waals surface area contributed by atoms with Gasteiger partial charge in [-0.15, -0.1) is 0 Å². The molecule has 0 saturated heterocycles. The topological polar surface area (TPSA) is 76.4 Å². The van der Waals surface area contributed by atoms with Crippen LogP contribution in [0.1, 0.15) is 36.0 Å². The molecule has 2 heterocycles. The molecular weight excluding hydrogens is 404 g/mol. The quantitative estimate of drug-likeness (QED) is 0.497. The standard InChI is InChI=1S/C21H22N4O2S2/c1-14(2)16-9-11-18(12-10-16)29(26,27)22-13-19-20(17-7-5-4-6-8-17)23-21-25(19)24-15(3)28-21/h4-12,14,22H,13H2,1-3H3. The van der Waals surface area contributed by atoms with Crippen molar-refractivity contribution >= 4 is 26.3 Å². The minimum atomic E-state index is -3.66. The first-order chi connectivity index (χ1) is 13.8. The summed E-state index contributed by atoms with van der Waals surface area (Å²) in [5, 5.41) is 5.38. The second-order valence-electron chi connectivity index (χ2n) is 7.14. The van der Waals surface area contributed by atoms with E-state index in [0.717, 1.165) is 32.5 Å². The smallest absolute Gasteiger partial charge is 0.217 e. The van der Waals surface area contributed by atoms with Gasteiger partial charge in [0.15, 0.2) is 0 Å². The van der Waals surface area contributed by atoms with Gasteiger partial charge in [-0.25, -0.2) is 22.6 Å². The second kappa shape index (κ2) is 7.70. The third kappa shape index (κ3) is 3.96. The summed E-state index contributed by atoms with van der Waals surface area (Å²) in [7, 11) is -3.66. The molecule has 1 N–H and O–H groups in total. The van der Waals surface area contributed by atoms with Crippen molar-refractivity contribution in [2.75, 3.05) is 0 Å². The Bertz CT molecular complexity index is 1240. The van der Waals surface area contributed by atoms with Crippen molar-refractivity contribution in [1.82, 2.24) is 19.3 Å². The SMILES string of the molecule is Cc1nn2c(CNS(=O)(=O)c3ccc(C(C)C)cc3)c(-c3ccccc3)nc2s1. The molecule has 2 aromatic heterocycles. The van der Waals surface area contributed by atoms with Crippen LogP contribution in [0.2, 0.25) is 0 Å². The van der Waals surface area contributed by atoms with Gasteiger partial charge in [-0.05, 0) is 30.5 Å². The molecule has 0 spiro atoms. The highest BCUT2D eigenvalue weighted by Gasteiger charge is 2.20. The number of rotatable bonds is 6. The maximum absolute atomic E-state index is 12.8. The summed E-state index contributed by atoms with van der Waals surface area (Å²) in [6, 6.07) is 16.7. The summed E-state index contributed by atoms with van der Waals surface area (Å²) >= 11 is 1.48. The van der Waals surface area contributed by atoms with Crippen LogP contribution in [-0.4, -0.2) is 23.0 Å². The molecule has 4 rings (SSSR count). The lowest BCUT2D eigenvalue weighted by Crippen LogP contribution is -2.24. The monoisotopic (exact) mass is 426 g/mol. The van der Waals surface area contributed by atoms with E-state index in [2.05, 4.69) is 23.7 Å². The van der Waals surface area contributed by atoms with Crippen molar-refractivity contribution in [3.63, 3.8) is 0 Å². The van der Waals surface area contributed by atoms with E-state index in [1.165, 1.54) is 11.3 Å². The minimum Gasteiger partial charge on any atom is -0.217 e. The van der Waals surface area contributed by atoms with Crippen molar-refractivity contribution in [3.05, 3.63) is 70.9 Å². The van der Waals surface area contributed by atoms with E-state index in [0.29, 0.717) is 5.92 Å². The molecule has 0 amide bonds. The third-order valence-electron chi connectivity index (χ3n) is 4.73. The van der Waals surface area contributed by atoms with Crippen LogP contribution in [0, 0.1) is 6.92 Å². The lowest BCUT2D eigenvalue weighted by Gasteiger charge is -2.10. The van der Waals surface area contributed by atoms with E-state index in [4.69, 9.17) is 4.98 Å². The second-order valence-corrected chi connectivity index (χ2v) is 10.1. The van der Waals surface area contributed by atoms with Crippen LogP contribution in [0.5, 0.6) is 0 Å². The zero-order chi connectivity index (χ0) is 20.6. The van der Waals surface area contributed by atoms with Crippen LogP contribution >= 0.6 is 11.3 Å². The molecule has 2 aromatic carbocycles. The molecule has 8 heteroatoms. The average molecular weight is 427 g/mol. The molecule has 0 saturated carbocycles. The summed E-state index contributed by atoms with van der Waals surface area (Å²) in [4.78, 5) is 5.69. The van der Waals surface area contributed by atoms with Gasteiger partial charge >= 0.3 is 0 Å². The van der Waals surface area contributed by atoms with E-state index in [-0.39, 0.29) is 11.4 Å². The number of aryl methyl sites for hydroxylation is 1. The predicted molar refractivity (Wildman–Crippen MR) is 116 cm³/mol. The summed E-state index contributed by atoms with van der Waals surface area (Å²) in [6.07, 6.45) is 0. The van der Waals surface area contributed by atoms with Crippen LogP contribution < -0.4 is 4.72 Å². The molecule has 6 nitrogen and oxygen atoms in total. The van der Waals surface area contributed by atoms with Gasteiger partial charge in [0.25, 0.3) is 0 Å². The highest BCUT2D eigenvalue weighted by Crippen LogP contribution is 2.27. The Balaban J connectivity index is 1.66. The van der Waals surface area contributed by atoms with Gasteiger partial charge in [-0.2, -0.15) is 5.10 Å². The Labute approximate surface area is 174 Å². The van der Waals surface area contributed by atoms with E-state index in [1.807, 2.05) is 49.4 Å². The van der Waals surface area contributed by atoms with Crippen molar-refractivity contribution in [2.24, 2.45) is 0 Å². The number of nitrogens with zero attached hydrogens (tertiary/aromatic N) is 3. The van der Waals surface area contributed by atoms with Gasteiger partial charge < -0.3 is 0 Å². The largest absolute Gasteiger partial charge is 0.240 e.